The van der Waals surface area contributed by atoms with Crippen molar-refractivity contribution in [1.82, 2.24) is 5.32 Å². The number of amides is 1. The molecule has 6 heteroatoms. The van der Waals surface area contributed by atoms with Crippen LogP contribution in [0.5, 0.6) is 0 Å². The number of carbonyl (C=O) groups excluding carboxylic acids is 1. The van der Waals surface area contributed by atoms with Gasteiger partial charge in [0.25, 0.3) is 5.91 Å². The van der Waals surface area contributed by atoms with E-state index >= 15 is 0 Å². The van der Waals surface area contributed by atoms with Crippen LogP contribution < -0.4 is 5.32 Å². The standard InChI is InChI=1S/C16H14ClNO4/c17-12-8-4-7-11(14(12)10-5-2-1-3-6-10)15(20)18-13(9-19)16(21)22/h1-8,13,19H,9H2,(H,18,20)(H,21,22)/t13-/m0/s1. The summed E-state index contributed by atoms with van der Waals surface area (Å²) in [7, 11) is 0. The average Bonchev–Trinajstić information content (AvgIpc) is 2.52. The molecular formula is C16H14ClNO4. The van der Waals surface area contributed by atoms with E-state index in [1.165, 1.54) is 0 Å². The molecule has 0 unspecified atom stereocenters. The van der Waals surface area contributed by atoms with Crippen molar-refractivity contribution in [3.8, 4) is 11.1 Å². The molecule has 0 radical (unpaired) electrons. The summed E-state index contributed by atoms with van der Waals surface area (Å²) in [5.74, 6) is -1.91. The maximum absolute atomic E-state index is 12.3. The van der Waals surface area contributed by atoms with Gasteiger partial charge in [-0.2, -0.15) is 0 Å². The number of aliphatic hydroxyl groups excluding tert-OH is 1. The summed E-state index contributed by atoms with van der Waals surface area (Å²) in [6.45, 7) is -0.692. The highest BCUT2D eigenvalue weighted by atomic mass is 35.5. The number of rotatable bonds is 5. The highest BCUT2D eigenvalue weighted by Gasteiger charge is 2.22. The van der Waals surface area contributed by atoms with Gasteiger partial charge in [0.2, 0.25) is 0 Å². The van der Waals surface area contributed by atoms with Gasteiger partial charge in [0, 0.05) is 16.1 Å². The summed E-state index contributed by atoms with van der Waals surface area (Å²) < 4.78 is 0. The molecule has 0 aliphatic heterocycles. The van der Waals surface area contributed by atoms with Gasteiger partial charge in [0.15, 0.2) is 6.04 Å². The zero-order chi connectivity index (χ0) is 16.1. The van der Waals surface area contributed by atoms with E-state index < -0.39 is 24.5 Å². The number of carboxylic acid groups (broad SMARTS) is 1. The van der Waals surface area contributed by atoms with Crippen LogP contribution >= 0.6 is 11.6 Å². The van der Waals surface area contributed by atoms with Crippen LogP contribution in [-0.2, 0) is 4.79 Å². The zero-order valence-electron chi connectivity index (χ0n) is 11.5. The number of aliphatic hydroxyl groups is 1. The number of carbonyl (C=O) groups is 2. The summed E-state index contributed by atoms with van der Waals surface area (Å²) in [5, 5.41) is 20.6. The largest absolute Gasteiger partial charge is 0.480 e. The summed E-state index contributed by atoms with van der Waals surface area (Å²) in [4.78, 5) is 23.2. The van der Waals surface area contributed by atoms with Gasteiger partial charge in [-0.3, -0.25) is 4.79 Å². The first kappa shape index (κ1) is 16.0. The van der Waals surface area contributed by atoms with Crippen molar-refractivity contribution in [3.63, 3.8) is 0 Å². The third kappa shape index (κ3) is 3.44. The molecular weight excluding hydrogens is 306 g/mol. The van der Waals surface area contributed by atoms with E-state index in [9.17, 15) is 9.59 Å². The second kappa shape index (κ2) is 7.06. The first-order chi connectivity index (χ1) is 10.5. The van der Waals surface area contributed by atoms with E-state index in [4.69, 9.17) is 21.8 Å². The molecule has 5 nitrogen and oxygen atoms in total. The van der Waals surface area contributed by atoms with Gasteiger partial charge < -0.3 is 15.5 Å². The van der Waals surface area contributed by atoms with E-state index in [-0.39, 0.29) is 5.56 Å². The molecule has 0 saturated carbocycles. The van der Waals surface area contributed by atoms with E-state index in [0.717, 1.165) is 5.56 Å². The molecule has 3 N–H and O–H groups in total. The molecule has 2 rings (SSSR count). The Morgan fingerprint density at radius 2 is 1.77 bits per heavy atom. The third-order valence-corrected chi connectivity index (χ3v) is 3.42. The van der Waals surface area contributed by atoms with Crippen molar-refractivity contribution >= 4 is 23.5 Å². The van der Waals surface area contributed by atoms with Crippen molar-refractivity contribution < 1.29 is 19.8 Å². The molecule has 0 saturated heterocycles. The van der Waals surface area contributed by atoms with Crippen molar-refractivity contribution in [2.24, 2.45) is 0 Å². The van der Waals surface area contributed by atoms with Gasteiger partial charge in [0.1, 0.15) is 0 Å². The van der Waals surface area contributed by atoms with Crippen LogP contribution in [0.2, 0.25) is 5.02 Å². The molecule has 0 aliphatic rings. The predicted molar refractivity (Wildman–Crippen MR) is 82.9 cm³/mol. The Morgan fingerprint density at radius 1 is 1.09 bits per heavy atom. The van der Waals surface area contributed by atoms with Crippen LogP contribution in [0, 0.1) is 0 Å². The smallest absolute Gasteiger partial charge is 0.328 e. The maximum atomic E-state index is 12.3. The molecule has 0 aliphatic carbocycles. The second-order valence-corrected chi connectivity index (χ2v) is 4.98. The molecule has 2 aromatic carbocycles. The fourth-order valence-electron chi connectivity index (χ4n) is 2.03. The fourth-order valence-corrected chi connectivity index (χ4v) is 2.32. The number of hydrogen-bond donors (Lipinski definition) is 3. The molecule has 2 aromatic rings. The lowest BCUT2D eigenvalue weighted by molar-refractivity contribution is -0.140. The fraction of sp³-hybridized carbons (Fsp3) is 0.125. The lowest BCUT2D eigenvalue weighted by Crippen LogP contribution is -2.43. The van der Waals surface area contributed by atoms with Crippen LogP contribution in [-0.4, -0.2) is 34.7 Å². The van der Waals surface area contributed by atoms with E-state index in [2.05, 4.69) is 5.32 Å². The number of aliphatic carboxylic acids is 1. The van der Waals surface area contributed by atoms with Gasteiger partial charge in [-0.25, -0.2) is 4.79 Å². The van der Waals surface area contributed by atoms with Crippen LogP contribution in [0.1, 0.15) is 10.4 Å². The minimum atomic E-state index is -1.37. The van der Waals surface area contributed by atoms with Gasteiger partial charge in [-0.1, -0.05) is 48.0 Å². The molecule has 1 amide bonds. The van der Waals surface area contributed by atoms with Gasteiger partial charge >= 0.3 is 5.97 Å². The molecule has 0 fully saturated rings. The van der Waals surface area contributed by atoms with Crippen LogP contribution in [0.4, 0.5) is 0 Å². The predicted octanol–water partition coefficient (Wildman–Crippen LogP) is 2.18. The van der Waals surface area contributed by atoms with Crippen molar-refractivity contribution in [2.75, 3.05) is 6.61 Å². The van der Waals surface area contributed by atoms with Crippen LogP contribution in [0.15, 0.2) is 48.5 Å². The summed E-state index contributed by atoms with van der Waals surface area (Å²) in [6, 6.07) is 12.5. The summed E-state index contributed by atoms with van der Waals surface area (Å²) in [6.07, 6.45) is 0. The molecule has 114 valence electrons. The monoisotopic (exact) mass is 319 g/mol. The van der Waals surface area contributed by atoms with Gasteiger partial charge in [0.05, 0.1) is 6.61 Å². The number of benzene rings is 2. The lowest BCUT2D eigenvalue weighted by Gasteiger charge is -2.15. The van der Waals surface area contributed by atoms with Crippen LogP contribution in [0.25, 0.3) is 11.1 Å². The van der Waals surface area contributed by atoms with Gasteiger partial charge in [-0.15, -0.1) is 0 Å². The Labute approximate surface area is 132 Å². The molecule has 1 atom stereocenters. The van der Waals surface area contributed by atoms with E-state index in [0.29, 0.717) is 10.6 Å². The first-order valence-electron chi connectivity index (χ1n) is 6.53. The molecule has 0 aromatic heterocycles. The van der Waals surface area contributed by atoms with Crippen molar-refractivity contribution in [1.29, 1.82) is 0 Å². The topological polar surface area (TPSA) is 86.6 Å². The second-order valence-electron chi connectivity index (χ2n) is 4.58. The highest BCUT2D eigenvalue weighted by Crippen LogP contribution is 2.31. The minimum absolute atomic E-state index is 0.249. The Bertz CT molecular complexity index is 688. The SMILES string of the molecule is O=C(N[C@@H](CO)C(=O)O)c1cccc(Cl)c1-c1ccccc1. The molecule has 0 bridgehead atoms. The quantitative estimate of drug-likeness (QED) is 0.788. The van der Waals surface area contributed by atoms with Gasteiger partial charge in [-0.05, 0) is 17.7 Å². The average molecular weight is 320 g/mol. The number of halogens is 1. The third-order valence-electron chi connectivity index (χ3n) is 3.11. The molecule has 0 spiro atoms. The van der Waals surface area contributed by atoms with Crippen LogP contribution in [0.3, 0.4) is 0 Å². The first-order valence-corrected chi connectivity index (χ1v) is 6.91. The number of carboxylic acids is 1. The Hall–Kier alpha value is -2.37. The molecule has 0 heterocycles. The number of hydrogen-bond acceptors (Lipinski definition) is 3. The highest BCUT2D eigenvalue weighted by molar-refractivity contribution is 6.34. The maximum Gasteiger partial charge on any atom is 0.328 e. The van der Waals surface area contributed by atoms with Crippen molar-refractivity contribution in [3.05, 3.63) is 59.1 Å². The minimum Gasteiger partial charge on any atom is -0.480 e. The lowest BCUT2D eigenvalue weighted by atomic mass is 9.99. The summed E-state index contributed by atoms with van der Waals surface area (Å²) >= 11 is 6.20. The van der Waals surface area contributed by atoms with E-state index in [1.807, 2.05) is 18.2 Å². The Morgan fingerprint density at radius 3 is 2.36 bits per heavy atom. The zero-order valence-corrected chi connectivity index (χ0v) is 12.2. The Kier molecular flexibility index (Phi) is 5.14. The normalized spacial score (nSPS) is 11.7. The summed E-state index contributed by atoms with van der Waals surface area (Å²) in [5.41, 5.74) is 1.51. The molecule has 22 heavy (non-hydrogen) atoms. The Balaban J connectivity index is 2.42. The van der Waals surface area contributed by atoms with Crippen molar-refractivity contribution in [2.45, 2.75) is 6.04 Å². The van der Waals surface area contributed by atoms with E-state index in [1.54, 1.807) is 30.3 Å². The number of nitrogens with one attached hydrogen (secondary N) is 1.